The fourth-order valence-corrected chi connectivity index (χ4v) is 1.42. The Morgan fingerprint density at radius 1 is 1.29 bits per heavy atom. The van der Waals surface area contributed by atoms with Gasteiger partial charge in [0, 0.05) is 17.5 Å². The number of aromatic nitrogens is 3. The topological polar surface area (TPSA) is 90.6 Å². The van der Waals surface area contributed by atoms with Gasteiger partial charge in [-0.3, -0.25) is 14.7 Å². The third-order valence-electron chi connectivity index (χ3n) is 2.25. The summed E-state index contributed by atoms with van der Waals surface area (Å²) in [4.78, 5) is 25.9. The summed E-state index contributed by atoms with van der Waals surface area (Å²) in [5.41, 5.74) is 1.20. The number of amides is 1. The minimum atomic E-state index is -0.474. The number of rotatable bonds is 2. The molecule has 2 heterocycles. The van der Waals surface area contributed by atoms with Crippen LogP contribution >= 0.6 is 0 Å². The van der Waals surface area contributed by atoms with Crippen molar-refractivity contribution in [1.82, 2.24) is 15.2 Å². The van der Waals surface area contributed by atoms with Crippen LogP contribution in [0.2, 0.25) is 0 Å². The standard InChI is InChI=1S/C11H12N4O2/c1-6-3-4-8(10(16)12-6)11(17)13-9-5-7(2)14-15-9/h3-5H,1-2H3,(H,12,16)(H2,13,14,15,17). The molecular formula is C11H12N4O2. The normalized spacial score (nSPS) is 10.2. The fourth-order valence-electron chi connectivity index (χ4n) is 1.42. The van der Waals surface area contributed by atoms with Gasteiger partial charge in [-0.05, 0) is 26.0 Å². The SMILES string of the molecule is Cc1cc(NC(=O)c2ccc(C)[nH]c2=O)n[nH]1. The van der Waals surface area contributed by atoms with E-state index in [1.54, 1.807) is 19.1 Å². The number of aromatic amines is 2. The molecule has 0 atom stereocenters. The number of hydrogen-bond donors (Lipinski definition) is 3. The molecule has 1 amide bonds. The van der Waals surface area contributed by atoms with E-state index < -0.39 is 11.5 Å². The van der Waals surface area contributed by atoms with E-state index in [9.17, 15) is 9.59 Å². The van der Waals surface area contributed by atoms with Gasteiger partial charge in [-0.15, -0.1) is 0 Å². The van der Waals surface area contributed by atoms with Gasteiger partial charge < -0.3 is 10.3 Å². The van der Waals surface area contributed by atoms with E-state index in [0.29, 0.717) is 11.5 Å². The van der Waals surface area contributed by atoms with Crippen LogP contribution in [0.25, 0.3) is 0 Å². The molecule has 88 valence electrons. The zero-order valence-corrected chi connectivity index (χ0v) is 9.50. The number of pyridine rings is 1. The molecule has 2 rings (SSSR count). The van der Waals surface area contributed by atoms with Crippen molar-refractivity contribution in [1.29, 1.82) is 0 Å². The van der Waals surface area contributed by atoms with Gasteiger partial charge in [-0.2, -0.15) is 5.10 Å². The Morgan fingerprint density at radius 2 is 2.06 bits per heavy atom. The first-order valence-corrected chi connectivity index (χ1v) is 5.09. The molecule has 0 radical (unpaired) electrons. The van der Waals surface area contributed by atoms with Crippen LogP contribution in [0.15, 0.2) is 23.0 Å². The Hall–Kier alpha value is -2.37. The Kier molecular flexibility index (Phi) is 2.78. The van der Waals surface area contributed by atoms with Crippen LogP contribution in [0.3, 0.4) is 0 Å². The number of nitrogens with zero attached hydrogens (tertiary/aromatic N) is 1. The van der Waals surface area contributed by atoms with E-state index in [0.717, 1.165) is 5.69 Å². The number of aryl methyl sites for hydroxylation is 2. The third kappa shape index (κ3) is 2.41. The lowest BCUT2D eigenvalue weighted by Crippen LogP contribution is -2.23. The molecule has 0 unspecified atom stereocenters. The van der Waals surface area contributed by atoms with Crippen LogP contribution in [0.4, 0.5) is 5.82 Å². The summed E-state index contributed by atoms with van der Waals surface area (Å²) >= 11 is 0. The van der Waals surface area contributed by atoms with Gasteiger partial charge in [0.15, 0.2) is 5.82 Å². The van der Waals surface area contributed by atoms with Crippen LogP contribution in [0.5, 0.6) is 0 Å². The smallest absolute Gasteiger partial charge is 0.262 e. The van der Waals surface area contributed by atoms with Crippen molar-refractivity contribution in [3.8, 4) is 0 Å². The Balaban J connectivity index is 2.23. The highest BCUT2D eigenvalue weighted by Gasteiger charge is 2.11. The van der Waals surface area contributed by atoms with Crippen LogP contribution in [0, 0.1) is 13.8 Å². The quantitative estimate of drug-likeness (QED) is 0.720. The first kappa shape index (κ1) is 11.1. The maximum atomic E-state index is 11.8. The average molecular weight is 232 g/mol. The highest BCUT2D eigenvalue weighted by molar-refractivity contribution is 6.03. The third-order valence-corrected chi connectivity index (χ3v) is 2.25. The Labute approximate surface area is 97.1 Å². The van der Waals surface area contributed by atoms with Crippen molar-refractivity contribution in [2.75, 3.05) is 5.32 Å². The number of hydrogen-bond acceptors (Lipinski definition) is 3. The van der Waals surface area contributed by atoms with Crippen molar-refractivity contribution >= 4 is 11.7 Å². The predicted octanol–water partition coefficient (Wildman–Crippen LogP) is 0.967. The first-order chi connectivity index (χ1) is 8.06. The molecule has 0 aromatic carbocycles. The fraction of sp³-hybridized carbons (Fsp3) is 0.182. The summed E-state index contributed by atoms with van der Waals surface area (Å²) in [5, 5.41) is 9.10. The summed E-state index contributed by atoms with van der Waals surface area (Å²) in [6, 6.07) is 4.84. The Bertz CT molecular complexity index is 612. The van der Waals surface area contributed by atoms with Crippen molar-refractivity contribution in [2.24, 2.45) is 0 Å². The molecule has 0 fully saturated rings. The summed E-state index contributed by atoms with van der Waals surface area (Å²) in [5.74, 6) is -0.0785. The molecule has 3 N–H and O–H groups in total. The molecule has 0 aliphatic rings. The van der Waals surface area contributed by atoms with Gasteiger partial charge in [0.2, 0.25) is 0 Å². The minimum Gasteiger partial charge on any atom is -0.326 e. The molecule has 6 heteroatoms. The zero-order valence-electron chi connectivity index (χ0n) is 9.50. The van der Waals surface area contributed by atoms with E-state index in [1.165, 1.54) is 6.07 Å². The van der Waals surface area contributed by atoms with Crippen molar-refractivity contribution in [3.63, 3.8) is 0 Å². The van der Waals surface area contributed by atoms with Gasteiger partial charge in [0.25, 0.3) is 11.5 Å². The van der Waals surface area contributed by atoms with Crippen molar-refractivity contribution < 1.29 is 4.79 Å². The molecule has 0 saturated carbocycles. The maximum Gasteiger partial charge on any atom is 0.262 e. The molecule has 6 nitrogen and oxygen atoms in total. The van der Waals surface area contributed by atoms with Crippen LogP contribution in [-0.4, -0.2) is 21.1 Å². The second-order valence-electron chi connectivity index (χ2n) is 3.77. The molecule has 17 heavy (non-hydrogen) atoms. The molecule has 0 saturated heterocycles. The monoisotopic (exact) mass is 232 g/mol. The lowest BCUT2D eigenvalue weighted by Gasteiger charge is -2.01. The summed E-state index contributed by atoms with van der Waals surface area (Å²) in [7, 11) is 0. The number of carbonyl (C=O) groups excluding carboxylic acids is 1. The highest BCUT2D eigenvalue weighted by atomic mass is 16.2. The second-order valence-corrected chi connectivity index (χ2v) is 3.77. The predicted molar refractivity (Wildman–Crippen MR) is 63.1 cm³/mol. The highest BCUT2D eigenvalue weighted by Crippen LogP contribution is 2.05. The van der Waals surface area contributed by atoms with Crippen LogP contribution in [0.1, 0.15) is 21.7 Å². The van der Waals surface area contributed by atoms with Gasteiger partial charge >= 0.3 is 0 Å². The molecule has 0 aliphatic carbocycles. The van der Waals surface area contributed by atoms with E-state index in [1.807, 2.05) is 6.92 Å². The molecular weight excluding hydrogens is 220 g/mol. The van der Waals surface area contributed by atoms with Crippen LogP contribution in [-0.2, 0) is 0 Å². The summed E-state index contributed by atoms with van der Waals surface area (Å²) < 4.78 is 0. The lowest BCUT2D eigenvalue weighted by atomic mass is 10.2. The van der Waals surface area contributed by atoms with Gasteiger partial charge in [-0.1, -0.05) is 0 Å². The first-order valence-electron chi connectivity index (χ1n) is 5.09. The number of H-pyrrole nitrogens is 2. The maximum absolute atomic E-state index is 11.8. The molecule has 0 aliphatic heterocycles. The van der Waals surface area contributed by atoms with Gasteiger partial charge in [-0.25, -0.2) is 0 Å². The van der Waals surface area contributed by atoms with Crippen molar-refractivity contribution in [2.45, 2.75) is 13.8 Å². The second kappa shape index (κ2) is 4.25. The molecule has 0 spiro atoms. The number of nitrogens with one attached hydrogen (secondary N) is 3. The van der Waals surface area contributed by atoms with E-state index in [4.69, 9.17) is 0 Å². The van der Waals surface area contributed by atoms with E-state index in [2.05, 4.69) is 20.5 Å². The largest absolute Gasteiger partial charge is 0.326 e. The van der Waals surface area contributed by atoms with Gasteiger partial charge in [0.1, 0.15) is 5.56 Å². The molecule has 0 bridgehead atoms. The lowest BCUT2D eigenvalue weighted by molar-refractivity contribution is 0.102. The van der Waals surface area contributed by atoms with E-state index in [-0.39, 0.29) is 5.56 Å². The zero-order chi connectivity index (χ0) is 12.4. The average Bonchev–Trinajstić information content (AvgIpc) is 2.63. The van der Waals surface area contributed by atoms with Gasteiger partial charge in [0.05, 0.1) is 0 Å². The van der Waals surface area contributed by atoms with Crippen LogP contribution < -0.4 is 10.9 Å². The van der Waals surface area contributed by atoms with Crippen molar-refractivity contribution in [3.05, 3.63) is 45.5 Å². The minimum absolute atomic E-state index is 0.0660. The Morgan fingerprint density at radius 3 is 2.65 bits per heavy atom. The number of carbonyl (C=O) groups is 1. The number of anilines is 1. The summed E-state index contributed by atoms with van der Waals surface area (Å²) in [6.07, 6.45) is 0. The molecule has 2 aromatic rings. The summed E-state index contributed by atoms with van der Waals surface area (Å²) in [6.45, 7) is 3.57. The van der Waals surface area contributed by atoms with E-state index >= 15 is 0 Å². The molecule has 2 aromatic heterocycles.